The Morgan fingerprint density at radius 3 is 2.59 bits per heavy atom. The van der Waals surface area contributed by atoms with Crippen LogP contribution in [0.1, 0.15) is 12.0 Å². The molecule has 0 heterocycles. The molecule has 0 aromatic heterocycles. The van der Waals surface area contributed by atoms with Gasteiger partial charge in [0, 0.05) is 6.54 Å². The molecule has 0 aliphatic rings. The number of alkyl halides is 3. The lowest BCUT2D eigenvalue weighted by Gasteiger charge is -2.15. The van der Waals surface area contributed by atoms with E-state index in [1.165, 1.54) is 12.1 Å². The van der Waals surface area contributed by atoms with Crippen molar-refractivity contribution in [2.24, 2.45) is 0 Å². The van der Waals surface area contributed by atoms with E-state index in [1.807, 2.05) is 0 Å². The summed E-state index contributed by atoms with van der Waals surface area (Å²) in [4.78, 5) is 21.9. The van der Waals surface area contributed by atoms with Gasteiger partial charge in [-0.3, -0.25) is 4.79 Å². The zero-order valence-corrected chi connectivity index (χ0v) is 11.7. The van der Waals surface area contributed by atoms with E-state index >= 15 is 0 Å². The maximum Gasteiger partial charge on any atom is 0.422 e. The summed E-state index contributed by atoms with van der Waals surface area (Å²) in [5.41, 5.74) is 0.719. The molecule has 0 aliphatic heterocycles. The average molecular weight is 320 g/mol. The number of carboxylic acids is 1. The molecule has 1 aromatic rings. The highest BCUT2D eigenvalue weighted by atomic mass is 19.4. The Labute approximate surface area is 124 Å². The third kappa shape index (κ3) is 6.82. The van der Waals surface area contributed by atoms with Crippen molar-refractivity contribution in [1.29, 1.82) is 0 Å². The first-order valence-electron chi connectivity index (χ1n) is 6.24. The topological polar surface area (TPSA) is 87.7 Å². The monoisotopic (exact) mass is 320 g/mol. The minimum Gasteiger partial charge on any atom is -0.482 e. The summed E-state index contributed by atoms with van der Waals surface area (Å²) in [6, 6.07) is 3.62. The molecule has 0 aliphatic carbocycles. The van der Waals surface area contributed by atoms with Crippen LogP contribution >= 0.6 is 0 Å². The minimum atomic E-state index is -4.50. The molecule has 0 unspecified atom stereocenters. The molecule has 1 aromatic carbocycles. The Bertz CT molecular complexity index is 547. The highest BCUT2D eigenvalue weighted by molar-refractivity contribution is 5.91. The summed E-state index contributed by atoms with van der Waals surface area (Å²) in [6.45, 7) is 0.0781. The van der Waals surface area contributed by atoms with E-state index < -0.39 is 24.8 Å². The van der Waals surface area contributed by atoms with Gasteiger partial charge in [-0.1, -0.05) is 6.07 Å². The molecule has 0 fully saturated rings. The Morgan fingerprint density at radius 2 is 2.00 bits per heavy atom. The first-order valence-corrected chi connectivity index (χ1v) is 6.24. The first kappa shape index (κ1) is 17.6. The molecule has 0 saturated heterocycles. The normalized spacial score (nSPS) is 10.9. The molecule has 3 N–H and O–H groups in total. The summed E-state index contributed by atoms with van der Waals surface area (Å²) in [7, 11) is 0. The lowest BCUT2D eigenvalue weighted by molar-refractivity contribution is -0.153. The molecular formula is C13H15F3N2O4. The zero-order chi connectivity index (χ0) is 16.8. The molecule has 0 spiro atoms. The fourth-order valence-corrected chi connectivity index (χ4v) is 1.46. The number of aryl methyl sites for hydroxylation is 1. The molecule has 22 heavy (non-hydrogen) atoms. The van der Waals surface area contributed by atoms with Crippen molar-refractivity contribution in [2.45, 2.75) is 19.5 Å². The molecule has 6 nitrogen and oxygen atoms in total. The molecule has 2 amide bonds. The van der Waals surface area contributed by atoms with Crippen LogP contribution in [0.3, 0.4) is 0 Å². The SMILES string of the molecule is Cc1ccc(NC(=O)NCCC(=O)O)c(OCC(F)(F)F)c1. The number of benzene rings is 1. The maximum atomic E-state index is 12.2. The van der Waals surface area contributed by atoms with Gasteiger partial charge < -0.3 is 20.5 Å². The second-order valence-electron chi connectivity index (χ2n) is 4.43. The number of rotatable bonds is 6. The van der Waals surface area contributed by atoms with Gasteiger partial charge in [-0.2, -0.15) is 13.2 Å². The number of ether oxygens (including phenoxy) is 1. The number of anilines is 1. The van der Waals surface area contributed by atoms with Crippen molar-refractivity contribution in [1.82, 2.24) is 5.32 Å². The van der Waals surface area contributed by atoms with Crippen molar-refractivity contribution in [2.75, 3.05) is 18.5 Å². The van der Waals surface area contributed by atoms with Crippen LogP contribution in [-0.4, -0.2) is 36.4 Å². The molecule has 9 heteroatoms. The van der Waals surface area contributed by atoms with Crippen molar-refractivity contribution < 1.29 is 32.6 Å². The molecule has 1 rings (SSSR count). The van der Waals surface area contributed by atoms with Gasteiger partial charge in [-0.05, 0) is 24.6 Å². The Hall–Kier alpha value is -2.45. The summed E-state index contributed by atoms with van der Waals surface area (Å²) in [6.07, 6.45) is -4.76. The van der Waals surface area contributed by atoms with Crippen LogP contribution in [-0.2, 0) is 4.79 Å². The summed E-state index contributed by atoms with van der Waals surface area (Å²) in [5, 5.41) is 13.0. The van der Waals surface area contributed by atoms with Crippen molar-refractivity contribution >= 4 is 17.7 Å². The summed E-state index contributed by atoms with van der Waals surface area (Å²) < 4.78 is 41.3. The van der Waals surface area contributed by atoms with Gasteiger partial charge in [0.2, 0.25) is 0 Å². The van der Waals surface area contributed by atoms with Crippen LogP contribution in [0.2, 0.25) is 0 Å². The van der Waals surface area contributed by atoms with Gasteiger partial charge >= 0.3 is 18.2 Å². The predicted molar refractivity (Wildman–Crippen MR) is 72.0 cm³/mol. The Kier molecular flexibility index (Phi) is 6.02. The zero-order valence-electron chi connectivity index (χ0n) is 11.7. The quantitative estimate of drug-likeness (QED) is 0.751. The van der Waals surface area contributed by atoms with Gasteiger partial charge in [0.25, 0.3) is 0 Å². The van der Waals surface area contributed by atoms with Gasteiger partial charge in [0.05, 0.1) is 12.1 Å². The second kappa shape index (κ2) is 7.53. The highest BCUT2D eigenvalue weighted by Gasteiger charge is 2.29. The lowest BCUT2D eigenvalue weighted by Crippen LogP contribution is -2.31. The third-order valence-corrected chi connectivity index (χ3v) is 2.40. The van der Waals surface area contributed by atoms with E-state index in [-0.39, 0.29) is 24.4 Å². The second-order valence-corrected chi connectivity index (χ2v) is 4.43. The molecule has 0 saturated carbocycles. The fraction of sp³-hybridized carbons (Fsp3) is 0.385. The fourth-order valence-electron chi connectivity index (χ4n) is 1.46. The van der Waals surface area contributed by atoms with Crippen LogP contribution in [0.15, 0.2) is 18.2 Å². The van der Waals surface area contributed by atoms with E-state index in [0.717, 1.165) is 0 Å². The Morgan fingerprint density at radius 1 is 1.32 bits per heavy atom. The van der Waals surface area contributed by atoms with Crippen molar-refractivity contribution in [3.63, 3.8) is 0 Å². The number of aliphatic carboxylic acids is 1. The number of urea groups is 1. The maximum absolute atomic E-state index is 12.2. The van der Waals surface area contributed by atoms with E-state index in [1.54, 1.807) is 13.0 Å². The van der Waals surface area contributed by atoms with Gasteiger partial charge in [0.15, 0.2) is 6.61 Å². The molecule has 122 valence electrons. The summed E-state index contributed by atoms with van der Waals surface area (Å²) >= 11 is 0. The van der Waals surface area contributed by atoms with E-state index in [9.17, 15) is 22.8 Å². The van der Waals surface area contributed by atoms with E-state index in [0.29, 0.717) is 5.56 Å². The minimum absolute atomic E-state index is 0.0580. The van der Waals surface area contributed by atoms with E-state index in [4.69, 9.17) is 5.11 Å². The third-order valence-electron chi connectivity index (χ3n) is 2.40. The van der Waals surface area contributed by atoms with Gasteiger partial charge in [0.1, 0.15) is 5.75 Å². The van der Waals surface area contributed by atoms with Crippen LogP contribution in [0, 0.1) is 6.92 Å². The summed E-state index contributed by atoms with van der Waals surface area (Å²) in [5.74, 6) is -1.20. The number of nitrogens with one attached hydrogen (secondary N) is 2. The molecule has 0 radical (unpaired) electrons. The van der Waals surface area contributed by atoms with Crippen molar-refractivity contribution in [3.8, 4) is 5.75 Å². The van der Waals surface area contributed by atoms with Crippen LogP contribution < -0.4 is 15.4 Å². The number of carbonyl (C=O) groups excluding carboxylic acids is 1. The molecule has 0 atom stereocenters. The van der Waals surface area contributed by atoms with E-state index in [2.05, 4.69) is 15.4 Å². The Balaban J connectivity index is 2.68. The number of hydrogen-bond acceptors (Lipinski definition) is 3. The van der Waals surface area contributed by atoms with Crippen LogP contribution in [0.4, 0.5) is 23.7 Å². The number of carboxylic acid groups (broad SMARTS) is 1. The number of halogens is 3. The lowest BCUT2D eigenvalue weighted by atomic mass is 10.2. The average Bonchev–Trinajstić information content (AvgIpc) is 2.37. The highest BCUT2D eigenvalue weighted by Crippen LogP contribution is 2.27. The number of amides is 2. The molecule has 0 bridgehead atoms. The number of hydrogen-bond donors (Lipinski definition) is 3. The van der Waals surface area contributed by atoms with Crippen LogP contribution in [0.25, 0.3) is 0 Å². The van der Waals surface area contributed by atoms with Gasteiger partial charge in [-0.15, -0.1) is 0 Å². The number of carbonyl (C=O) groups is 2. The smallest absolute Gasteiger partial charge is 0.422 e. The van der Waals surface area contributed by atoms with Crippen LogP contribution in [0.5, 0.6) is 5.75 Å². The van der Waals surface area contributed by atoms with Gasteiger partial charge in [-0.25, -0.2) is 4.79 Å². The molecular weight excluding hydrogens is 305 g/mol. The standard InChI is InChI=1S/C13H15F3N2O4/c1-8-2-3-9(10(6-8)22-7-13(14,15)16)18-12(21)17-5-4-11(19)20/h2-3,6H,4-5,7H2,1H3,(H,19,20)(H2,17,18,21). The largest absolute Gasteiger partial charge is 0.482 e. The predicted octanol–water partition coefficient (Wildman–Crippen LogP) is 2.53. The first-order chi connectivity index (χ1) is 10.2. The van der Waals surface area contributed by atoms with Crippen molar-refractivity contribution in [3.05, 3.63) is 23.8 Å².